The summed E-state index contributed by atoms with van der Waals surface area (Å²) < 4.78 is 0. The van der Waals surface area contributed by atoms with Crippen LogP contribution in [-0.2, 0) is 6.54 Å². The minimum Gasteiger partial charge on any atom is -0.330 e. The van der Waals surface area contributed by atoms with Crippen LogP contribution in [0.1, 0.15) is 38.7 Å². The Kier molecular flexibility index (Phi) is 5.41. The summed E-state index contributed by atoms with van der Waals surface area (Å²) in [5.41, 5.74) is 7.41. The van der Waals surface area contributed by atoms with Gasteiger partial charge in [0.15, 0.2) is 0 Å². The average molecular weight is 260 g/mol. The molecular weight excluding hydrogens is 232 g/mol. The van der Waals surface area contributed by atoms with Gasteiger partial charge in [-0.15, -0.1) is 0 Å². The van der Waals surface area contributed by atoms with E-state index in [1.165, 1.54) is 24.8 Å². The number of benzene rings is 1. The standard InChI is InChI=1S/C17H28N2/c1-3-19(13-15-7-5-4-6-8-15)17-11-14(2)9-10-16(17)12-18/h4-8,14,16-17H,3,9-13,18H2,1-2H3. The average Bonchev–Trinajstić information content (AvgIpc) is 2.46. The summed E-state index contributed by atoms with van der Waals surface area (Å²) >= 11 is 0. The van der Waals surface area contributed by atoms with Gasteiger partial charge in [0, 0.05) is 12.6 Å². The van der Waals surface area contributed by atoms with Gasteiger partial charge in [0.05, 0.1) is 0 Å². The Morgan fingerprint density at radius 2 is 1.95 bits per heavy atom. The molecule has 0 spiro atoms. The van der Waals surface area contributed by atoms with Gasteiger partial charge < -0.3 is 5.73 Å². The van der Waals surface area contributed by atoms with Crippen LogP contribution in [0.4, 0.5) is 0 Å². The Hall–Kier alpha value is -0.860. The second-order valence-corrected chi connectivity index (χ2v) is 6.03. The molecule has 1 saturated carbocycles. The smallest absolute Gasteiger partial charge is 0.0236 e. The Balaban J connectivity index is 2.06. The number of hydrogen-bond acceptors (Lipinski definition) is 2. The van der Waals surface area contributed by atoms with Crippen molar-refractivity contribution in [1.82, 2.24) is 4.90 Å². The van der Waals surface area contributed by atoms with Crippen molar-refractivity contribution in [3.05, 3.63) is 35.9 Å². The number of nitrogens with zero attached hydrogens (tertiary/aromatic N) is 1. The molecule has 3 unspecified atom stereocenters. The van der Waals surface area contributed by atoms with E-state index in [0.29, 0.717) is 12.0 Å². The minimum atomic E-state index is 0.666. The summed E-state index contributed by atoms with van der Waals surface area (Å²) in [5, 5.41) is 0. The number of hydrogen-bond donors (Lipinski definition) is 1. The molecule has 2 N–H and O–H groups in total. The summed E-state index contributed by atoms with van der Waals surface area (Å²) in [4.78, 5) is 2.63. The van der Waals surface area contributed by atoms with E-state index in [4.69, 9.17) is 5.73 Å². The van der Waals surface area contributed by atoms with Crippen molar-refractivity contribution >= 4 is 0 Å². The normalized spacial score (nSPS) is 27.7. The molecule has 1 aliphatic carbocycles. The highest BCUT2D eigenvalue weighted by molar-refractivity contribution is 5.14. The topological polar surface area (TPSA) is 29.3 Å². The van der Waals surface area contributed by atoms with E-state index in [1.807, 2.05) is 0 Å². The van der Waals surface area contributed by atoms with Crippen LogP contribution in [0.2, 0.25) is 0 Å². The highest BCUT2D eigenvalue weighted by Gasteiger charge is 2.31. The van der Waals surface area contributed by atoms with Crippen molar-refractivity contribution in [2.75, 3.05) is 13.1 Å². The fourth-order valence-electron chi connectivity index (χ4n) is 3.42. The van der Waals surface area contributed by atoms with Gasteiger partial charge in [0.1, 0.15) is 0 Å². The van der Waals surface area contributed by atoms with Crippen LogP contribution in [0.25, 0.3) is 0 Å². The Labute approximate surface area is 118 Å². The van der Waals surface area contributed by atoms with Crippen LogP contribution in [0.15, 0.2) is 30.3 Å². The third-order valence-electron chi connectivity index (χ3n) is 4.62. The van der Waals surface area contributed by atoms with Crippen molar-refractivity contribution in [1.29, 1.82) is 0 Å². The molecule has 19 heavy (non-hydrogen) atoms. The number of nitrogens with two attached hydrogens (primary N) is 1. The van der Waals surface area contributed by atoms with Crippen molar-refractivity contribution < 1.29 is 0 Å². The van der Waals surface area contributed by atoms with Crippen molar-refractivity contribution in [3.8, 4) is 0 Å². The van der Waals surface area contributed by atoms with Crippen molar-refractivity contribution in [3.63, 3.8) is 0 Å². The molecule has 106 valence electrons. The van der Waals surface area contributed by atoms with Crippen molar-refractivity contribution in [2.45, 2.75) is 45.7 Å². The predicted octanol–water partition coefficient (Wildman–Crippen LogP) is 3.27. The molecule has 1 fully saturated rings. The molecule has 1 aromatic carbocycles. The first-order valence-electron chi connectivity index (χ1n) is 7.72. The molecule has 1 aromatic rings. The molecule has 3 atom stereocenters. The van der Waals surface area contributed by atoms with Gasteiger partial charge in [-0.25, -0.2) is 0 Å². The van der Waals surface area contributed by atoms with Gasteiger partial charge in [0.2, 0.25) is 0 Å². The second-order valence-electron chi connectivity index (χ2n) is 6.03. The molecule has 0 amide bonds. The van der Waals surface area contributed by atoms with Gasteiger partial charge in [-0.3, -0.25) is 4.90 Å². The zero-order valence-electron chi connectivity index (χ0n) is 12.4. The van der Waals surface area contributed by atoms with Crippen LogP contribution in [0, 0.1) is 11.8 Å². The lowest BCUT2D eigenvalue weighted by molar-refractivity contribution is 0.0842. The summed E-state index contributed by atoms with van der Waals surface area (Å²) in [6.07, 6.45) is 3.96. The Morgan fingerprint density at radius 3 is 2.58 bits per heavy atom. The summed E-state index contributed by atoms with van der Waals surface area (Å²) in [7, 11) is 0. The first-order chi connectivity index (χ1) is 9.24. The third-order valence-corrected chi connectivity index (χ3v) is 4.62. The zero-order valence-corrected chi connectivity index (χ0v) is 12.4. The van der Waals surface area contributed by atoms with E-state index in [1.54, 1.807) is 0 Å². The molecule has 0 bridgehead atoms. The van der Waals surface area contributed by atoms with Gasteiger partial charge in [0.25, 0.3) is 0 Å². The predicted molar refractivity (Wildman–Crippen MR) is 81.9 cm³/mol. The van der Waals surface area contributed by atoms with Gasteiger partial charge in [-0.05, 0) is 43.3 Å². The Bertz CT molecular complexity index is 363. The molecule has 0 saturated heterocycles. The van der Waals surface area contributed by atoms with E-state index >= 15 is 0 Å². The zero-order chi connectivity index (χ0) is 13.7. The van der Waals surface area contributed by atoms with E-state index in [9.17, 15) is 0 Å². The van der Waals surface area contributed by atoms with E-state index < -0.39 is 0 Å². The van der Waals surface area contributed by atoms with E-state index in [0.717, 1.165) is 25.6 Å². The fraction of sp³-hybridized carbons (Fsp3) is 0.647. The van der Waals surface area contributed by atoms with E-state index in [2.05, 4.69) is 49.1 Å². The molecule has 1 aliphatic rings. The summed E-state index contributed by atoms with van der Waals surface area (Å²) in [5.74, 6) is 1.53. The van der Waals surface area contributed by atoms with Crippen molar-refractivity contribution in [2.24, 2.45) is 17.6 Å². The number of rotatable bonds is 5. The SMILES string of the molecule is CCN(Cc1ccccc1)C1CC(C)CCC1CN. The largest absolute Gasteiger partial charge is 0.330 e. The van der Waals surface area contributed by atoms with Gasteiger partial charge in [-0.1, -0.05) is 50.6 Å². The molecule has 0 radical (unpaired) electrons. The minimum absolute atomic E-state index is 0.666. The maximum atomic E-state index is 6.00. The van der Waals surface area contributed by atoms with Gasteiger partial charge in [-0.2, -0.15) is 0 Å². The molecular formula is C17H28N2. The highest BCUT2D eigenvalue weighted by atomic mass is 15.2. The molecule has 0 heterocycles. The lowest BCUT2D eigenvalue weighted by Crippen LogP contribution is -2.46. The molecule has 2 nitrogen and oxygen atoms in total. The van der Waals surface area contributed by atoms with Gasteiger partial charge >= 0.3 is 0 Å². The van der Waals surface area contributed by atoms with Crippen LogP contribution >= 0.6 is 0 Å². The van der Waals surface area contributed by atoms with Crippen LogP contribution < -0.4 is 5.73 Å². The third kappa shape index (κ3) is 3.80. The quantitative estimate of drug-likeness (QED) is 0.880. The fourth-order valence-corrected chi connectivity index (χ4v) is 3.42. The molecule has 2 heteroatoms. The van der Waals surface area contributed by atoms with E-state index in [-0.39, 0.29) is 0 Å². The maximum absolute atomic E-state index is 6.00. The summed E-state index contributed by atoms with van der Waals surface area (Å²) in [6.45, 7) is 7.67. The molecule has 2 rings (SSSR count). The van der Waals surface area contributed by atoms with Crippen LogP contribution in [0.3, 0.4) is 0 Å². The van der Waals surface area contributed by atoms with Crippen LogP contribution in [0.5, 0.6) is 0 Å². The summed E-state index contributed by atoms with van der Waals surface area (Å²) in [6, 6.07) is 11.5. The Morgan fingerprint density at radius 1 is 1.21 bits per heavy atom. The maximum Gasteiger partial charge on any atom is 0.0236 e. The highest BCUT2D eigenvalue weighted by Crippen LogP contribution is 2.32. The first kappa shape index (κ1) is 14.5. The lowest BCUT2D eigenvalue weighted by atomic mass is 9.78. The lowest BCUT2D eigenvalue weighted by Gasteiger charge is -2.41. The van der Waals surface area contributed by atoms with Crippen LogP contribution in [-0.4, -0.2) is 24.0 Å². The molecule has 0 aromatic heterocycles. The monoisotopic (exact) mass is 260 g/mol. The first-order valence-corrected chi connectivity index (χ1v) is 7.72. The molecule has 0 aliphatic heterocycles. The second kappa shape index (κ2) is 7.06.